The van der Waals surface area contributed by atoms with Gasteiger partial charge in [0.1, 0.15) is 5.82 Å². The van der Waals surface area contributed by atoms with Crippen molar-refractivity contribution in [2.45, 2.75) is 39.7 Å². The standard InChI is InChI=1S/C15H19ClFNO3/c1-15(2,3)7-6-12(19)18-13(14(20)21)9-4-5-10(16)11(17)8-9/h4-5,8,13H,6-7H2,1-3H3,(H,18,19)(H,20,21). The van der Waals surface area contributed by atoms with Gasteiger partial charge in [-0.2, -0.15) is 0 Å². The third kappa shape index (κ3) is 5.71. The molecule has 1 amide bonds. The second-order valence-corrected chi connectivity index (χ2v) is 6.48. The molecular weight excluding hydrogens is 297 g/mol. The molecule has 0 radical (unpaired) electrons. The minimum Gasteiger partial charge on any atom is -0.479 e. The molecule has 0 saturated heterocycles. The molecule has 1 aromatic carbocycles. The summed E-state index contributed by atoms with van der Waals surface area (Å²) in [6.07, 6.45) is 0.837. The van der Waals surface area contributed by atoms with Gasteiger partial charge >= 0.3 is 5.97 Å². The molecule has 21 heavy (non-hydrogen) atoms. The zero-order valence-electron chi connectivity index (χ0n) is 12.2. The van der Waals surface area contributed by atoms with Gasteiger partial charge in [-0.3, -0.25) is 4.79 Å². The summed E-state index contributed by atoms with van der Waals surface area (Å²) in [4.78, 5) is 23.1. The van der Waals surface area contributed by atoms with E-state index >= 15 is 0 Å². The van der Waals surface area contributed by atoms with E-state index in [0.29, 0.717) is 6.42 Å². The Balaban J connectivity index is 2.81. The van der Waals surface area contributed by atoms with Crippen LogP contribution in [-0.2, 0) is 9.59 Å². The molecule has 0 bridgehead atoms. The summed E-state index contributed by atoms with van der Waals surface area (Å²) < 4.78 is 13.4. The molecule has 0 saturated carbocycles. The molecule has 1 atom stereocenters. The van der Waals surface area contributed by atoms with E-state index < -0.39 is 17.8 Å². The van der Waals surface area contributed by atoms with E-state index in [-0.39, 0.29) is 28.3 Å². The first-order valence-corrected chi connectivity index (χ1v) is 6.95. The number of benzene rings is 1. The molecule has 1 unspecified atom stereocenters. The van der Waals surface area contributed by atoms with Crippen molar-refractivity contribution in [1.29, 1.82) is 0 Å². The number of carboxylic acid groups (broad SMARTS) is 1. The number of carbonyl (C=O) groups excluding carboxylic acids is 1. The number of amides is 1. The van der Waals surface area contributed by atoms with Gasteiger partial charge in [0, 0.05) is 6.42 Å². The van der Waals surface area contributed by atoms with E-state index in [1.165, 1.54) is 12.1 Å². The lowest BCUT2D eigenvalue weighted by Gasteiger charge is -2.19. The zero-order chi connectivity index (χ0) is 16.2. The van der Waals surface area contributed by atoms with E-state index in [0.717, 1.165) is 6.07 Å². The van der Waals surface area contributed by atoms with Crippen LogP contribution < -0.4 is 5.32 Å². The fraction of sp³-hybridized carbons (Fsp3) is 0.467. The lowest BCUT2D eigenvalue weighted by atomic mass is 9.90. The Hall–Kier alpha value is -1.62. The molecule has 0 aromatic heterocycles. The number of nitrogens with one attached hydrogen (secondary N) is 1. The van der Waals surface area contributed by atoms with E-state index in [2.05, 4.69) is 5.32 Å². The third-order valence-electron chi connectivity index (χ3n) is 2.93. The SMILES string of the molecule is CC(C)(C)CCC(=O)NC(C(=O)O)c1ccc(Cl)c(F)c1. The topological polar surface area (TPSA) is 66.4 Å². The summed E-state index contributed by atoms with van der Waals surface area (Å²) in [5.74, 6) is -2.35. The maximum atomic E-state index is 13.4. The highest BCUT2D eigenvalue weighted by Crippen LogP contribution is 2.23. The van der Waals surface area contributed by atoms with Crippen LogP contribution in [-0.4, -0.2) is 17.0 Å². The van der Waals surface area contributed by atoms with Crippen molar-refractivity contribution >= 4 is 23.5 Å². The van der Waals surface area contributed by atoms with Crippen molar-refractivity contribution < 1.29 is 19.1 Å². The molecule has 6 heteroatoms. The molecule has 0 spiro atoms. The minimum atomic E-state index is -1.29. The van der Waals surface area contributed by atoms with Crippen molar-refractivity contribution in [2.75, 3.05) is 0 Å². The summed E-state index contributed by atoms with van der Waals surface area (Å²) in [6.45, 7) is 5.97. The molecule has 1 aromatic rings. The van der Waals surface area contributed by atoms with Crippen LogP contribution in [0.4, 0.5) is 4.39 Å². The van der Waals surface area contributed by atoms with Crippen LogP contribution in [0, 0.1) is 11.2 Å². The predicted octanol–water partition coefficient (Wildman–Crippen LogP) is 3.55. The number of halogens is 2. The first-order valence-electron chi connectivity index (χ1n) is 6.57. The molecule has 0 aliphatic heterocycles. The average molecular weight is 316 g/mol. The Kier molecular flexibility index (Phi) is 5.72. The average Bonchev–Trinajstić information content (AvgIpc) is 2.36. The first kappa shape index (κ1) is 17.4. The number of aliphatic carboxylic acids is 1. The van der Waals surface area contributed by atoms with Crippen molar-refractivity contribution in [3.63, 3.8) is 0 Å². The third-order valence-corrected chi connectivity index (χ3v) is 3.24. The van der Waals surface area contributed by atoms with Crippen LogP contribution in [0.1, 0.15) is 45.2 Å². The normalized spacial score (nSPS) is 12.8. The van der Waals surface area contributed by atoms with Gasteiger partial charge in [-0.05, 0) is 29.5 Å². The number of hydrogen-bond donors (Lipinski definition) is 2. The largest absolute Gasteiger partial charge is 0.479 e. The first-order chi connectivity index (χ1) is 9.60. The highest BCUT2D eigenvalue weighted by Gasteiger charge is 2.23. The molecule has 0 fully saturated rings. The maximum absolute atomic E-state index is 13.4. The monoisotopic (exact) mass is 315 g/mol. The summed E-state index contributed by atoms with van der Waals surface area (Å²) >= 11 is 5.56. The number of carboxylic acids is 1. The number of carbonyl (C=O) groups is 2. The van der Waals surface area contributed by atoms with E-state index in [9.17, 15) is 19.1 Å². The van der Waals surface area contributed by atoms with E-state index in [1.54, 1.807) is 0 Å². The fourth-order valence-corrected chi connectivity index (χ4v) is 1.82. The predicted molar refractivity (Wildman–Crippen MR) is 78.6 cm³/mol. The molecule has 4 nitrogen and oxygen atoms in total. The van der Waals surface area contributed by atoms with Crippen LogP contribution in [0.15, 0.2) is 18.2 Å². The fourth-order valence-electron chi connectivity index (χ4n) is 1.70. The second kappa shape index (κ2) is 6.89. The molecule has 0 aliphatic rings. The lowest BCUT2D eigenvalue weighted by Crippen LogP contribution is -2.34. The van der Waals surface area contributed by atoms with Gasteiger partial charge in [0.25, 0.3) is 0 Å². The van der Waals surface area contributed by atoms with Gasteiger partial charge in [0.05, 0.1) is 5.02 Å². The Labute approximate surface area is 128 Å². The Morgan fingerprint density at radius 1 is 1.38 bits per heavy atom. The van der Waals surface area contributed by atoms with Gasteiger partial charge < -0.3 is 10.4 Å². The Morgan fingerprint density at radius 3 is 2.48 bits per heavy atom. The van der Waals surface area contributed by atoms with Gasteiger partial charge in [0.15, 0.2) is 6.04 Å². The molecule has 0 aliphatic carbocycles. The maximum Gasteiger partial charge on any atom is 0.330 e. The summed E-state index contributed by atoms with van der Waals surface area (Å²) in [5, 5.41) is 11.5. The number of rotatable bonds is 5. The molecule has 1 rings (SSSR count). The van der Waals surface area contributed by atoms with E-state index in [4.69, 9.17) is 11.6 Å². The van der Waals surface area contributed by atoms with Gasteiger partial charge in [-0.1, -0.05) is 38.4 Å². The highest BCUT2D eigenvalue weighted by molar-refractivity contribution is 6.30. The van der Waals surface area contributed by atoms with Crippen LogP contribution in [0.5, 0.6) is 0 Å². The second-order valence-electron chi connectivity index (χ2n) is 6.07. The summed E-state index contributed by atoms with van der Waals surface area (Å²) in [5.41, 5.74) is 0.121. The Bertz CT molecular complexity index is 540. The molecule has 2 N–H and O–H groups in total. The van der Waals surface area contributed by atoms with Crippen molar-refractivity contribution in [2.24, 2.45) is 5.41 Å². The van der Waals surface area contributed by atoms with Gasteiger partial charge in [-0.15, -0.1) is 0 Å². The van der Waals surface area contributed by atoms with Crippen LogP contribution in [0.2, 0.25) is 5.02 Å². The molecule has 0 heterocycles. The van der Waals surface area contributed by atoms with Crippen LogP contribution >= 0.6 is 11.6 Å². The smallest absolute Gasteiger partial charge is 0.330 e. The van der Waals surface area contributed by atoms with Gasteiger partial charge in [0.2, 0.25) is 5.91 Å². The van der Waals surface area contributed by atoms with Crippen molar-refractivity contribution in [1.82, 2.24) is 5.32 Å². The van der Waals surface area contributed by atoms with Crippen LogP contribution in [0.3, 0.4) is 0 Å². The summed E-state index contributed by atoms with van der Waals surface area (Å²) in [7, 11) is 0. The molecular formula is C15H19ClFNO3. The lowest BCUT2D eigenvalue weighted by molar-refractivity contribution is -0.142. The van der Waals surface area contributed by atoms with Crippen LogP contribution in [0.25, 0.3) is 0 Å². The summed E-state index contributed by atoms with van der Waals surface area (Å²) in [6, 6.07) is 2.38. The van der Waals surface area contributed by atoms with Crippen molar-refractivity contribution in [3.05, 3.63) is 34.6 Å². The minimum absolute atomic E-state index is 0.0254. The molecule has 116 valence electrons. The highest BCUT2D eigenvalue weighted by atomic mass is 35.5. The zero-order valence-corrected chi connectivity index (χ0v) is 13.0. The number of hydrogen-bond acceptors (Lipinski definition) is 2. The Morgan fingerprint density at radius 2 is 2.00 bits per heavy atom. The quantitative estimate of drug-likeness (QED) is 0.873. The van der Waals surface area contributed by atoms with Crippen molar-refractivity contribution in [3.8, 4) is 0 Å². The van der Waals surface area contributed by atoms with Gasteiger partial charge in [-0.25, -0.2) is 9.18 Å². The van der Waals surface area contributed by atoms with E-state index in [1.807, 2.05) is 20.8 Å².